The Morgan fingerprint density at radius 1 is 1.07 bits per heavy atom. The predicted octanol–water partition coefficient (Wildman–Crippen LogP) is 1.26. The minimum absolute atomic E-state index is 0.0565. The number of carbonyl (C=O) groups excluding carboxylic acids is 4. The van der Waals surface area contributed by atoms with E-state index in [0.717, 1.165) is 16.9 Å². The number of aromatic nitrogens is 1. The number of amides is 4. The zero-order valence-electron chi connectivity index (χ0n) is 16.4. The lowest BCUT2D eigenvalue weighted by Gasteiger charge is -2.06. The fraction of sp³-hybridized carbons (Fsp3) is 0.316. The third kappa shape index (κ3) is 8.27. The molecule has 0 saturated heterocycles. The molecule has 0 saturated carbocycles. The van der Waals surface area contributed by atoms with Crippen molar-refractivity contribution < 1.29 is 23.9 Å². The number of urea groups is 1. The smallest absolute Gasteiger partial charge is 0.321 e. The second kappa shape index (κ2) is 12.2. The number of hydrogen-bond donors (Lipinski definition) is 4. The van der Waals surface area contributed by atoms with Crippen molar-refractivity contribution in [3.63, 3.8) is 0 Å². The van der Waals surface area contributed by atoms with Crippen LogP contribution in [0.2, 0.25) is 0 Å². The Bertz CT molecular complexity index is 871. The van der Waals surface area contributed by atoms with E-state index in [4.69, 9.17) is 4.74 Å². The molecule has 2 aromatic rings. The molecule has 0 radical (unpaired) electrons. The Labute approximate surface area is 177 Å². The van der Waals surface area contributed by atoms with Crippen LogP contribution in [0, 0.1) is 0 Å². The normalized spacial score (nSPS) is 10.0. The summed E-state index contributed by atoms with van der Waals surface area (Å²) in [5.41, 5.74) is 1.03. The Morgan fingerprint density at radius 3 is 2.57 bits per heavy atom. The quantitative estimate of drug-likeness (QED) is 0.416. The van der Waals surface area contributed by atoms with Gasteiger partial charge in [-0.15, -0.1) is 11.3 Å². The summed E-state index contributed by atoms with van der Waals surface area (Å²) in [7, 11) is 0. The maximum Gasteiger partial charge on any atom is 0.321 e. The fourth-order valence-corrected chi connectivity index (χ4v) is 2.89. The molecule has 4 amide bonds. The van der Waals surface area contributed by atoms with Crippen molar-refractivity contribution in [3.05, 3.63) is 47.0 Å². The number of ether oxygens (including phenoxy) is 1. The van der Waals surface area contributed by atoms with Crippen LogP contribution >= 0.6 is 11.3 Å². The van der Waals surface area contributed by atoms with Gasteiger partial charge >= 0.3 is 12.0 Å². The molecule has 0 aliphatic rings. The molecule has 0 aliphatic carbocycles. The molecule has 2 rings (SSSR count). The molecule has 0 atom stereocenters. The minimum Gasteiger partial charge on any atom is -0.466 e. The highest BCUT2D eigenvalue weighted by molar-refractivity contribution is 7.14. The number of nitrogens with zero attached hydrogens (tertiary/aromatic N) is 1. The standard InChI is InChI=1S/C19H23N5O5S/c1-2-29-16(26)8-9-20-15(25)11-21-17(27)14-12-30-19(23-14)24-18(28)22-10-13-6-4-3-5-7-13/h3-7,12H,2,8-11H2,1H3,(H,20,25)(H,21,27)(H2,22,23,24,28). The number of thiazole rings is 1. The molecular weight excluding hydrogens is 410 g/mol. The van der Waals surface area contributed by atoms with Crippen molar-refractivity contribution in [2.24, 2.45) is 0 Å². The summed E-state index contributed by atoms with van der Waals surface area (Å²) in [6, 6.07) is 8.97. The van der Waals surface area contributed by atoms with Gasteiger partial charge in [0.25, 0.3) is 5.91 Å². The predicted molar refractivity (Wildman–Crippen MR) is 111 cm³/mol. The molecule has 0 unspecified atom stereocenters. The summed E-state index contributed by atoms with van der Waals surface area (Å²) in [4.78, 5) is 50.9. The first-order valence-corrected chi connectivity index (χ1v) is 10.1. The van der Waals surface area contributed by atoms with Gasteiger partial charge in [0.05, 0.1) is 19.6 Å². The van der Waals surface area contributed by atoms with Crippen molar-refractivity contribution in [2.75, 3.05) is 25.0 Å². The van der Waals surface area contributed by atoms with Crippen LogP contribution in [0.4, 0.5) is 9.93 Å². The lowest BCUT2D eigenvalue weighted by Crippen LogP contribution is -2.37. The summed E-state index contributed by atoms with van der Waals surface area (Å²) >= 11 is 1.09. The van der Waals surface area contributed by atoms with Crippen LogP contribution in [0.25, 0.3) is 0 Å². The molecule has 1 heterocycles. The number of anilines is 1. The molecule has 0 bridgehead atoms. The van der Waals surface area contributed by atoms with E-state index in [1.807, 2.05) is 30.3 Å². The van der Waals surface area contributed by atoms with E-state index in [2.05, 4.69) is 26.3 Å². The molecule has 10 nitrogen and oxygen atoms in total. The van der Waals surface area contributed by atoms with E-state index >= 15 is 0 Å². The number of rotatable bonds is 10. The number of carbonyl (C=O) groups is 4. The van der Waals surface area contributed by atoms with Gasteiger partial charge in [0.2, 0.25) is 5.91 Å². The fourth-order valence-electron chi connectivity index (χ4n) is 2.21. The monoisotopic (exact) mass is 433 g/mol. The molecule has 1 aromatic heterocycles. The largest absolute Gasteiger partial charge is 0.466 e. The van der Waals surface area contributed by atoms with Crippen molar-refractivity contribution in [1.82, 2.24) is 20.9 Å². The van der Waals surface area contributed by atoms with Crippen LogP contribution in [0.5, 0.6) is 0 Å². The van der Waals surface area contributed by atoms with Crippen LogP contribution in [0.15, 0.2) is 35.7 Å². The first-order valence-electron chi connectivity index (χ1n) is 9.22. The van der Waals surface area contributed by atoms with Crippen LogP contribution in [0.3, 0.4) is 0 Å². The van der Waals surface area contributed by atoms with Crippen molar-refractivity contribution >= 4 is 40.3 Å². The number of nitrogens with one attached hydrogen (secondary N) is 4. The average molecular weight is 433 g/mol. The second-order valence-corrected chi connectivity index (χ2v) is 6.78. The first kappa shape index (κ1) is 22.8. The Balaban J connectivity index is 1.69. The number of esters is 1. The first-order chi connectivity index (χ1) is 14.5. The third-order valence-electron chi connectivity index (χ3n) is 3.62. The van der Waals surface area contributed by atoms with E-state index in [1.165, 1.54) is 5.38 Å². The molecule has 4 N–H and O–H groups in total. The summed E-state index contributed by atoms with van der Waals surface area (Å²) in [5, 5.41) is 11.9. The molecule has 160 valence electrons. The summed E-state index contributed by atoms with van der Waals surface area (Å²) in [6.45, 7) is 2.19. The Hall–Kier alpha value is -3.47. The number of benzene rings is 1. The SMILES string of the molecule is CCOC(=O)CCNC(=O)CNC(=O)c1csc(NC(=O)NCc2ccccc2)n1. The summed E-state index contributed by atoms with van der Waals surface area (Å²) in [6.07, 6.45) is 0.0565. The highest BCUT2D eigenvalue weighted by atomic mass is 32.1. The van der Waals surface area contributed by atoms with E-state index in [1.54, 1.807) is 6.92 Å². The lowest BCUT2D eigenvalue weighted by atomic mass is 10.2. The average Bonchev–Trinajstić information content (AvgIpc) is 3.20. The van der Waals surface area contributed by atoms with Gasteiger partial charge in [0.15, 0.2) is 5.13 Å². The minimum atomic E-state index is -0.551. The van der Waals surface area contributed by atoms with Gasteiger partial charge in [-0.25, -0.2) is 9.78 Å². The lowest BCUT2D eigenvalue weighted by molar-refractivity contribution is -0.143. The van der Waals surface area contributed by atoms with Crippen molar-refractivity contribution in [2.45, 2.75) is 19.9 Å². The molecule has 0 aliphatic heterocycles. The molecule has 0 fully saturated rings. The van der Waals surface area contributed by atoms with E-state index < -0.39 is 23.8 Å². The summed E-state index contributed by atoms with van der Waals surface area (Å²) < 4.78 is 4.75. The Kier molecular flexibility index (Phi) is 9.25. The molecule has 30 heavy (non-hydrogen) atoms. The second-order valence-electron chi connectivity index (χ2n) is 5.92. The van der Waals surface area contributed by atoms with Gasteiger partial charge in [-0.3, -0.25) is 19.7 Å². The molecule has 1 aromatic carbocycles. The zero-order chi connectivity index (χ0) is 21.8. The molecule has 0 spiro atoms. The molecular formula is C19H23N5O5S. The Morgan fingerprint density at radius 2 is 1.83 bits per heavy atom. The van der Waals surface area contributed by atoms with E-state index in [9.17, 15) is 19.2 Å². The van der Waals surface area contributed by atoms with Crippen LogP contribution in [0.1, 0.15) is 29.4 Å². The van der Waals surface area contributed by atoms with Crippen molar-refractivity contribution in [3.8, 4) is 0 Å². The highest BCUT2D eigenvalue weighted by Crippen LogP contribution is 2.15. The maximum absolute atomic E-state index is 12.1. The van der Waals surface area contributed by atoms with Gasteiger partial charge in [-0.05, 0) is 12.5 Å². The van der Waals surface area contributed by atoms with E-state index in [-0.39, 0.29) is 36.9 Å². The summed E-state index contributed by atoms with van der Waals surface area (Å²) in [5.74, 6) is -1.40. The van der Waals surface area contributed by atoms with Gasteiger partial charge in [-0.1, -0.05) is 30.3 Å². The highest BCUT2D eigenvalue weighted by Gasteiger charge is 2.13. The van der Waals surface area contributed by atoms with Gasteiger partial charge in [0.1, 0.15) is 5.69 Å². The topological polar surface area (TPSA) is 139 Å². The third-order valence-corrected chi connectivity index (χ3v) is 4.38. The maximum atomic E-state index is 12.1. The van der Waals surface area contributed by atoms with Gasteiger partial charge in [-0.2, -0.15) is 0 Å². The van der Waals surface area contributed by atoms with Crippen LogP contribution < -0.4 is 21.3 Å². The zero-order valence-corrected chi connectivity index (χ0v) is 17.2. The van der Waals surface area contributed by atoms with Gasteiger partial charge in [0, 0.05) is 18.5 Å². The van der Waals surface area contributed by atoms with Crippen LogP contribution in [-0.2, 0) is 20.9 Å². The van der Waals surface area contributed by atoms with Crippen LogP contribution in [-0.4, -0.2) is 48.5 Å². The van der Waals surface area contributed by atoms with Crippen molar-refractivity contribution in [1.29, 1.82) is 0 Å². The van der Waals surface area contributed by atoms with E-state index in [0.29, 0.717) is 6.54 Å². The number of hydrogen-bond acceptors (Lipinski definition) is 7. The van der Waals surface area contributed by atoms with Gasteiger partial charge < -0.3 is 20.7 Å². The molecule has 11 heteroatoms.